The molecule has 20 heavy (non-hydrogen) atoms. The molecule has 5 nitrogen and oxygen atoms in total. The van der Waals surface area contributed by atoms with Gasteiger partial charge in [0.1, 0.15) is 0 Å². The Balaban J connectivity index is 2.18. The van der Waals surface area contributed by atoms with Gasteiger partial charge in [0, 0.05) is 18.0 Å². The molecule has 1 heterocycles. The van der Waals surface area contributed by atoms with Crippen molar-refractivity contribution in [1.29, 1.82) is 0 Å². The molecule has 0 aromatic heterocycles. The number of morpholine rings is 1. The van der Waals surface area contributed by atoms with E-state index in [1.807, 2.05) is 0 Å². The van der Waals surface area contributed by atoms with Gasteiger partial charge in [-0.25, -0.2) is 4.79 Å². The molecule has 1 atom stereocenters. The number of hydrogen-bond acceptors (Lipinski definition) is 4. The zero-order valence-corrected chi connectivity index (χ0v) is 11.9. The zero-order chi connectivity index (χ0) is 14.5. The van der Waals surface area contributed by atoms with Crippen LogP contribution in [0.2, 0.25) is 0 Å². The Labute approximate surface area is 122 Å². The number of methoxy groups -OCH3 is 1. The quantitative estimate of drug-likeness (QED) is 0.626. The first-order valence-electron chi connectivity index (χ1n) is 6.29. The van der Waals surface area contributed by atoms with Gasteiger partial charge in [0.25, 0.3) is 5.91 Å². The predicted octanol–water partition coefficient (Wildman–Crippen LogP) is 1.44. The van der Waals surface area contributed by atoms with Crippen LogP contribution in [-0.2, 0) is 20.1 Å². The highest BCUT2D eigenvalue weighted by Crippen LogP contribution is 2.15. The van der Waals surface area contributed by atoms with Crippen LogP contribution in [0.3, 0.4) is 0 Å². The number of alkyl halides is 1. The first kappa shape index (κ1) is 14.8. The monoisotopic (exact) mass is 297 g/mol. The zero-order valence-electron chi connectivity index (χ0n) is 11.2. The Morgan fingerprint density at radius 1 is 1.40 bits per heavy atom. The number of amides is 1. The Kier molecular flexibility index (Phi) is 4.98. The molecule has 2 rings (SSSR count). The first-order chi connectivity index (χ1) is 9.67. The van der Waals surface area contributed by atoms with Crippen LogP contribution in [0.5, 0.6) is 0 Å². The summed E-state index contributed by atoms with van der Waals surface area (Å²) in [6.07, 6.45) is 0. The van der Waals surface area contributed by atoms with Gasteiger partial charge in [-0.3, -0.25) is 4.79 Å². The number of carbonyl (C=O) groups is 2. The van der Waals surface area contributed by atoms with E-state index < -0.39 is 12.0 Å². The minimum absolute atomic E-state index is 0.165. The van der Waals surface area contributed by atoms with E-state index in [2.05, 4.69) is 0 Å². The average Bonchev–Trinajstić information content (AvgIpc) is 2.53. The predicted molar refractivity (Wildman–Crippen MR) is 73.7 cm³/mol. The molecule has 0 N–H and O–H groups in total. The lowest BCUT2D eigenvalue weighted by atomic mass is 10.1. The fourth-order valence-corrected chi connectivity index (χ4v) is 2.26. The van der Waals surface area contributed by atoms with Gasteiger partial charge in [-0.2, -0.15) is 0 Å². The Hall–Kier alpha value is -1.59. The molecule has 1 aliphatic rings. The number of benzene rings is 1. The summed E-state index contributed by atoms with van der Waals surface area (Å²) >= 11 is 5.72. The minimum Gasteiger partial charge on any atom is -0.467 e. The molecule has 0 aliphatic carbocycles. The molecule has 1 unspecified atom stereocenters. The van der Waals surface area contributed by atoms with E-state index in [-0.39, 0.29) is 12.5 Å². The van der Waals surface area contributed by atoms with Crippen molar-refractivity contribution in [3.05, 3.63) is 35.4 Å². The van der Waals surface area contributed by atoms with Gasteiger partial charge in [-0.1, -0.05) is 12.1 Å². The molecular formula is C14H16ClNO4. The van der Waals surface area contributed by atoms with Gasteiger partial charge in [-0.15, -0.1) is 11.6 Å². The molecule has 1 fully saturated rings. The maximum atomic E-state index is 12.5. The Morgan fingerprint density at radius 2 is 2.10 bits per heavy atom. The summed E-state index contributed by atoms with van der Waals surface area (Å²) < 4.78 is 9.96. The van der Waals surface area contributed by atoms with Crippen molar-refractivity contribution in [3.63, 3.8) is 0 Å². The largest absolute Gasteiger partial charge is 0.467 e. The van der Waals surface area contributed by atoms with Crippen LogP contribution in [0.15, 0.2) is 24.3 Å². The molecule has 1 aromatic rings. The third-order valence-corrected chi connectivity index (χ3v) is 3.53. The lowest BCUT2D eigenvalue weighted by molar-refractivity contribution is -0.151. The fourth-order valence-electron chi connectivity index (χ4n) is 2.08. The van der Waals surface area contributed by atoms with Crippen molar-refractivity contribution in [1.82, 2.24) is 4.90 Å². The van der Waals surface area contributed by atoms with E-state index in [0.717, 1.165) is 5.56 Å². The molecule has 6 heteroatoms. The summed E-state index contributed by atoms with van der Waals surface area (Å²) in [5.74, 6) is -0.267. The van der Waals surface area contributed by atoms with E-state index in [1.54, 1.807) is 24.3 Å². The van der Waals surface area contributed by atoms with Gasteiger partial charge in [-0.05, 0) is 17.7 Å². The normalized spacial score (nSPS) is 18.7. The average molecular weight is 298 g/mol. The molecule has 0 bridgehead atoms. The molecule has 0 spiro atoms. The van der Waals surface area contributed by atoms with E-state index in [0.29, 0.717) is 24.6 Å². The van der Waals surface area contributed by atoms with E-state index in [4.69, 9.17) is 21.1 Å². The van der Waals surface area contributed by atoms with Crippen LogP contribution < -0.4 is 0 Å². The summed E-state index contributed by atoms with van der Waals surface area (Å²) in [4.78, 5) is 25.7. The van der Waals surface area contributed by atoms with Crippen molar-refractivity contribution >= 4 is 23.5 Å². The number of ether oxygens (including phenoxy) is 2. The number of nitrogens with zero attached hydrogens (tertiary/aromatic N) is 1. The van der Waals surface area contributed by atoms with Crippen LogP contribution in [0.25, 0.3) is 0 Å². The lowest BCUT2D eigenvalue weighted by Gasteiger charge is -2.33. The second-order valence-corrected chi connectivity index (χ2v) is 4.71. The van der Waals surface area contributed by atoms with Gasteiger partial charge in [0.15, 0.2) is 6.04 Å². The number of hydrogen-bond donors (Lipinski definition) is 0. The van der Waals surface area contributed by atoms with E-state index in [9.17, 15) is 9.59 Å². The van der Waals surface area contributed by atoms with Crippen molar-refractivity contribution < 1.29 is 19.1 Å². The van der Waals surface area contributed by atoms with Crippen LogP contribution >= 0.6 is 11.6 Å². The summed E-state index contributed by atoms with van der Waals surface area (Å²) in [5.41, 5.74) is 1.46. The van der Waals surface area contributed by atoms with Crippen molar-refractivity contribution in [2.24, 2.45) is 0 Å². The molecule has 108 valence electrons. The summed E-state index contributed by atoms with van der Waals surface area (Å²) in [6, 6.07) is 6.34. The molecule has 0 radical (unpaired) electrons. The van der Waals surface area contributed by atoms with E-state index in [1.165, 1.54) is 12.0 Å². The van der Waals surface area contributed by atoms with E-state index >= 15 is 0 Å². The lowest BCUT2D eigenvalue weighted by Crippen LogP contribution is -2.53. The van der Waals surface area contributed by atoms with Crippen LogP contribution in [0, 0.1) is 0 Å². The third-order valence-electron chi connectivity index (χ3n) is 3.22. The summed E-state index contributed by atoms with van der Waals surface area (Å²) in [7, 11) is 1.30. The molecule has 1 amide bonds. The first-order valence-corrected chi connectivity index (χ1v) is 6.82. The SMILES string of the molecule is COC(=O)C1COCCN1C(=O)c1ccc(CCl)cc1. The van der Waals surface area contributed by atoms with Crippen molar-refractivity contribution in [3.8, 4) is 0 Å². The highest BCUT2D eigenvalue weighted by molar-refractivity contribution is 6.17. The summed E-state index contributed by atoms with van der Waals surface area (Å²) in [6.45, 7) is 0.951. The maximum Gasteiger partial charge on any atom is 0.331 e. The Morgan fingerprint density at radius 3 is 2.70 bits per heavy atom. The van der Waals surface area contributed by atoms with Gasteiger partial charge in [0.05, 0.1) is 20.3 Å². The van der Waals surface area contributed by atoms with Crippen LogP contribution in [-0.4, -0.2) is 49.7 Å². The highest BCUT2D eigenvalue weighted by Gasteiger charge is 2.34. The second kappa shape index (κ2) is 6.72. The van der Waals surface area contributed by atoms with Crippen molar-refractivity contribution in [2.45, 2.75) is 11.9 Å². The number of carbonyl (C=O) groups excluding carboxylic acids is 2. The number of esters is 1. The smallest absolute Gasteiger partial charge is 0.331 e. The number of rotatable bonds is 3. The molecule has 0 saturated carbocycles. The fraction of sp³-hybridized carbons (Fsp3) is 0.429. The van der Waals surface area contributed by atoms with Crippen LogP contribution in [0.1, 0.15) is 15.9 Å². The topological polar surface area (TPSA) is 55.8 Å². The second-order valence-electron chi connectivity index (χ2n) is 4.44. The van der Waals surface area contributed by atoms with Gasteiger partial charge >= 0.3 is 5.97 Å². The van der Waals surface area contributed by atoms with Crippen LogP contribution in [0.4, 0.5) is 0 Å². The molecule has 1 aromatic carbocycles. The highest BCUT2D eigenvalue weighted by atomic mass is 35.5. The molecule has 1 saturated heterocycles. The molecule has 1 aliphatic heterocycles. The van der Waals surface area contributed by atoms with Gasteiger partial charge < -0.3 is 14.4 Å². The minimum atomic E-state index is -0.686. The Bertz CT molecular complexity index is 488. The molecular weight excluding hydrogens is 282 g/mol. The third kappa shape index (κ3) is 3.11. The number of halogens is 1. The van der Waals surface area contributed by atoms with Gasteiger partial charge in [0.2, 0.25) is 0 Å². The standard InChI is InChI=1S/C14H16ClNO4/c1-19-14(18)12-9-20-7-6-16(12)13(17)11-4-2-10(8-15)3-5-11/h2-5,12H,6-9H2,1H3. The maximum absolute atomic E-state index is 12.5. The van der Waals surface area contributed by atoms with Crippen molar-refractivity contribution in [2.75, 3.05) is 26.9 Å². The summed E-state index contributed by atoms with van der Waals surface area (Å²) in [5, 5.41) is 0.